The van der Waals surface area contributed by atoms with Gasteiger partial charge in [0.1, 0.15) is 17.8 Å². The second kappa shape index (κ2) is 7.18. The quantitative estimate of drug-likeness (QED) is 0.865. The van der Waals surface area contributed by atoms with Crippen molar-refractivity contribution in [2.45, 2.75) is 19.0 Å². The van der Waals surface area contributed by atoms with Crippen LogP contribution in [0.5, 0.6) is 0 Å². The minimum Gasteiger partial charge on any atom is -0.366 e. The molecule has 1 aromatic heterocycles. The Kier molecular flexibility index (Phi) is 4.98. The van der Waals surface area contributed by atoms with Gasteiger partial charge in [0.2, 0.25) is 0 Å². The zero-order valence-electron chi connectivity index (χ0n) is 13.9. The van der Waals surface area contributed by atoms with E-state index in [1.54, 1.807) is 18.0 Å². The first kappa shape index (κ1) is 17.3. The number of anilines is 1. The molecule has 2 heterocycles. The molecular formula is C17H20N4O3S. The number of nitrogens with one attached hydrogen (secondary N) is 1. The Morgan fingerprint density at radius 3 is 2.72 bits per heavy atom. The predicted octanol–water partition coefficient (Wildman–Crippen LogP) is 1.35. The van der Waals surface area contributed by atoms with E-state index in [0.717, 1.165) is 5.56 Å². The fourth-order valence-corrected chi connectivity index (χ4v) is 4.47. The van der Waals surface area contributed by atoms with Crippen LogP contribution in [0.15, 0.2) is 42.7 Å². The van der Waals surface area contributed by atoms with Gasteiger partial charge < -0.3 is 10.2 Å². The van der Waals surface area contributed by atoms with Crippen LogP contribution in [0.25, 0.3) is 0 Å². The topological polar surface area (TPSA) is 92.3 Å². The first-order chi connectivity index (χ1) is 11.9. The molecular weight excluding hydrogens is 340 g/mol. The van der Waals surface area contributed by atoms with Gasteiger partial charge >= 0.3 is 0 Å². The molecule has 2 aromatic rings. The van der Waals surface area contributed by atoms with E-state index < -0.39 is 9.84 Å². The highest BCUT2D eigenvalue weighted by Crippen LogP contribution is 2.17. The van der Waals surface area contributed by atoms with Crippen molar-refractivity contribution in [1.82, 2.24) is 14.9 Å². The molecule has 1 atom stereocenters. The second-order valence-electron chi connectivity index (χ2n) is 6.18. The van der Waals surface area contributed by atoms with Gasteiger partial charge in [-0.05, 0) is 12.0 Å². The van der Waals surface area contributed by atoms with Crippen molar-refractivity contribution < 1.29 is 13.2 Å². The molecule has 0 radical (unpaired) electrons. The molecule has 1 fully saturated rings. The molecule has 0 spiro atoms. The molecule has 3 rings (SSSR count). The van der Waals surface area contributed by atoms with Gasteiger partial charge in [0.25, 0.3) is 5.91 Å². The van der Waals surface area contributed by atoms with Crippen LogP contribution in [0.3, 0.4) is 0 Å². The Morgan fingerprint density at radius 1 is 1.28 bits per heavy atom. The van der Waals surface area contributed by atoms with Crippen LogP contribution >= 0.6 is 0 Å². The molecule has 1 amide bonds. The average molecular weight is 360 g/mol. The summed E-state index contributed by atoms with van der Waals surface area (Å²) >= 11 is 0. The van der Waals surface area contributed by atoms with E-state index >= 15 is 0 Å². The van der Waals surface area contributed by atoms with E-state index in [2.05, 4.69) is 15.3 Å². The molecule has 1 aromatic carbocycles. The molecule has 0 aliphatic carbocycles. The molecule has 0 bridgehead atoms. The van der Waals surface area contributed by atoms with Crippen LogP contribution in [-0.4, -0.2) is 53.8 Å². The van der Waals surface area contributed by atoms with Crippen LogP contribution in [0.1, 0.15) is 22.5 Å². The van der Waals surface area contributed by atoms with Crippen molar-refractivity contribution in [2.75, 3.05) is 23.9 Å². The minimum atomic E-state index is -2.97. The SMILES string of the molecule is CN(Cc1ccccc1)C(=O)c1cc(NC2CCS(=O)(=O)C2)ncn1. The summed E-state index contributed by atoms with van der Waals surface area (Å²) in [6.45, 7) is 0.479. The third-order valence-corrected chi connectivity index (χ3v) is 5.85. The number of amides is 1. The molecule has 1 unspecified atom stereocenters. The van der Waals surface area contributed by atoms with Crippen molar-refractivity contribution >= 4 is 21.6 Å². The number of hydrogen-bond acceptors (Lipinski definition) is 6. The normalized spacial score (nSPS) is 18.7. The van der Waals surface area contributed by atoms with Crippen molar-refractivity contribution in [3.05, 3.63) is 54.0 Å². The maximum atomic E-state index is 12.6. The fraction of sp³-hybridized carbons (Fsp3) is 0.353. The maximum absolute atomic E-state index is 12.6. The summed E-state index contributed by atoms with van der Waals surface area (Å²) in [5.41, 5.74) is 1.30. The number of nitrogens with zero attached hydrogens (tertiary/aromatic N) is 3. The van der Waals surface area contributed by atoms with Crippen LogP contribution in [0.2, 0.25) is 0 Å². The first-order valence-electron chi connectivity index (χ1n) is 8.01. The van der Waals surface area contributed by atoms with Crippen LogP contribution < -0.4 is 5.32 Å². The number of carbonyl (C=O) groups is 1. The highest BCUT2D eigenvalue weighted by atomic mass is 32.2. The van der Waals surface area contributed by atoms with Gasteiger partial charge in [-0.15, -0.1) is 0 Å². The first-order valence-corrected chi connectivity index (χ1v) is 9.83. The van der Waals surface area contributed by atoms with E-state index in [0.29, 0.717) is 18.8 Å². The predicted molar refractivity (Wildman–Crippen MR) is 95.0 cm³/mol. The molecule has 1 aliphatic heterocycles. The zero-order valence-corrected chi connectivity index (χ0v) is 14.7. The summed E-state index contributed by atoms with van der Waals surface area (Å²) in [6, 6.07) is 11.1. The summed E-state index contributed by atoms with van der Waals surface area (Å²) < 4.78 is 23.1. The number of benzene rings is 1. The van der Waals surface area contributed by atoms with Crippen molar-refractivity contribution in [3.63, 3.8) is 0 Å². The lowest BCUT2D eigenvalue weighted by Crippen LogP contribution is -2.27. The number of sulfone groups is 1. The van der Waals surface area contributed by atoms with Gasteiger partial charge in [0.05, 0.1) is 11.5 Å². The maximum Gasteiger partial charge on any atom is 0.272 e. The minimum absolute atomic E-state index is 0.0915. The van der Waals surface area contributed by atoms with Gasteiger partial charge in [0.15, 0.2) is 9.84 Å². The fourth-order valence-electron chi connectivity index (χ4n) is 2.80. The molecule has 25 heavy (non-hydrogen) atoms. The summed E-state index contributed by atoms with van der Waals surface area (Å²) in [4.78, 5) is 22.3. The molecule has 7 nitrogen and oxygen atoms in total. The van der Waals surface area contributed by atoms with E-state index in [4.69, 9.17) is 0 Å². The number of carbonyl (C=O) groups excluding carboxylic acids is 1. The molecule has 1 aliphatic rings. The largest absolute Gasteiger partial charge is 0.366 e. The van der Waals surface area contributed by atoms with Gasteiger partial charge in [-0.3, -0.25) is 4.79 Å². The Morgan fingerprint density at radius 2 is 2.04 bits per heavy atom. The van der Waals surface area contributed by atoms with Gasteiger partial charge in [-0.2, -0.15) is 0 Å². The summed E-state index contributed by atoms with van der Waals surface area (Å²) in [6.07, 6.45) is 1.86. The smallest absolute Gasteiger partial charge is 0.272 e. The van der Waals surface area contributed by atoms with Crippen molar-refractivity contribution in [2.24, 2.45) is 0 Å². The van der Waals surface area contributed by atoms with Gasteiger partial charge in [-0.1, -0.05) is 30.3 Å². The van der Waals surface area contributed by atoms with E-state index in [1.807, 2.05) is 30.3 Å². The van der Waals surface area contributed by atoms with Crippen LogP contribution in [0, 0.1) is 0 Å². The van der Waals surface area contributed by atoms with Crippen LogP contribution in [0.4, 0.5) is 5.82 Å². The van der Waals surface area contributed by atoms with Gasteiger partial charge in [0, 0.05) is 25.7 Å². The average Bonchev–Trinajstić information content (AvgIpc) is 2.94. The van der Waals surface area contributed by atoms with Crippen molar-refractivity contribution in [1.29, 1.82) is 0 Å². The molecule has 1 saturated heterocycles. The van der Waals surface area contributed by atoms with Gasteiger partial charge in [-0.25, -0.2) is 18.4 Å². The molecule has 1 N–H and O–H groups in total. The number of aromatic nitrogens is 2. The molecule has 132 valence electrons. The molecule has 8 heteroatoms. The molecule has 0 saturated carbocycles. The summed E-state index contributed by atoms with van der Waals surface area (Å²) in [5.74, 6) is 0.525. The Bertz CT molecular complexity index is 855. The van der Waals surface area contributed by atoms with E-state index in [9.17, 15) is 13.2 Å². The highest BCUT2D eigenvalue weighted by molar-refractivity contribution is 7.91. The zero-order chi connectivity index (χ0) is 17.9. The Balaban J connectivity index is 1.67. The van der Waals surface area contributed by atoms with Crippen LogP contribution in [-0.2, 0) is 16.4 Å². The number of hydrogen-bond donors (Lipinski definition) is 1. The lowest BCUT2D eigenvalue weighted by atomic mass is 10.2. The third kappa shape index (κ3) is 4.54. The monoisotopic (exact) mass is 360 g/mol. The Hall–Kier alpha value is -2.48. The third-order valence-electron chi connectivity index (χ3n) is 4.08. The van der Waals surface area contributed by atoms with E-state index in [-0.39, 0.29) is 29.1 Å². The summed E-state index contributed by atoms with van der Waals surface area (Å²) in [7, 11) is -1.25. The lowest BCUT2D eigenvalue weighted by molar-refractivity contribution is 0.0779. The standard InChI is InChI=1S/C17H20N4O3S/c1-21(10-13-5-3-2-4-6-13)17(22)15-9-16(19-12-18-15)20-14-7-8-25(23,24)11-14/h2-6,9,12,14H,7-8,10-11H2,1H3,(H,18,19,20). The lowest BCUT2D eigenvalue weighted by Gasteiger charge is -2.17. The van der Waals surface area contributed by atoms with E-state index in [1.165, 1.54) is 6.33 Å². The van der Waals surface area contributed by atoms with Crippen molar-refractivity contribution in [3.8, 4) is 0 Å². The highest BCUT2D eigenvalue weighted by Gasteiger charge is 2.28. The summed E-state index contributed by atoms with van der Waals surface area (Å²) in [5, 5.41) is 3.08. The number of rotatable bonds is 5. The second-order valence-corrected chi connectivity index (χ2v) is 8.41. The Labute approximate surface area is 147 Å².